The lowest BCUT2D eigenvalue weighted by molar-refractivity contribution is -0.137. The second-order valence-electron chi connectivity index (χ2n) is 6.94. The van der Waals surface area contributed by atoms with E-state index in [1.165, 1.54) is 77.0 Å². The summed E-state index contributed by atoms with van der Waals surface area (Å²) in [6, 6.07) is 0. The fourth-order valence-electron chi connectivity index (χ4n) is 2.98. The molecule has 0 spiro atoms. The van der Waals surface area contributed by atoms with Crippen LogP contribution in [0.2, 0.25) is 0 Å². The van der Waals surface area contributed by atoms with Crippen LogP contribution in [-0.4, -0.2) is 22.3 Å². The third kappa shape index (κ3) is 19.4. The molecule has 0 aliphatic heterocycles. The molecule has 0 aliphatic rings. The van der Waals surface area contributed by atoms with Crippen molar-refractivity contribution < 1.29 is 15.0 Å². The second-order valence-corrected chi connectivity index (χ2v) is 6.94. The Hall–Kier alpha value is -0.570. The molecule has 0 aromatic rings. The van der Waals surface area contributed by atoms with E-state index in [1.807, 2.05) is 6.92 Å². The normalized spacial score (nSPS) is 12.4. The summed E-state index contributed by atoms with van der Waals surface area (Å²) in [5, 5.41) is 18.0. The Balaban J connectivity index is 3.01. The van der Waals surface area contributed by atoms with Crippen molar-refractivity contribution in [1.29, 1.82) is 0 Å². The van der Waals surface area contributed by atoms with Gasteiger partial charge in [-0.1, -0.05) is 90.4 Å². The van der Waals surface area contributed by atoms with E-state index in [2.05, 4.69) is 0 Å². The minimum absolute atomic E-state index is 0.0767. The zero-order valence-electron chi connectivity index (χ0n) is 15.4. The number of aliphatic hydroxyl groups excluding tert-OH is 1. The van der Waals surface area contributed by atoms with Crippen molar-refractivity contribution >= 4 is 5.97 Å². The highest BCUT2D eigenvalue weighted by Gasteiger charge is 2.00. The van der Waals surface area contributed by atoms with Gasteiger partial charge < -0.3 is 10.2 Å². The van der Waals surface area contributed by atoms with Crippen LogP contribution in [0.25, 0.3) is 0 Å². The van der Waals surface area contributed by atoms with E-state index in [4.69, 9.17) is 5.11 Å². The maximum atomic E-state index is 10.4. The van der Waals surface area contributed by atoms with Crippen molar-refractivity contribution in [2.75, 3.05) is 0 Å². The largest absolute Gasteiger partial charge is 0.481 e. The number of aliphatic carboxylic acids is 1. The van der Waals surface area contributed by atoms with Gasteiger partial charge in [-0.3, -0.25) is 4.79 Å². The van der Waals surface area contributed by atoms with Crippen LogP contribution in [0.4, 0.5) is 0 Å². The maximum absolute atomic E-state index is 10.4. The molecule has 23 heavy (non-hydrogen) atoms. The average molecular weight is 329 g/mol. The van der Waals surface area contributed by atoms with Crippen LogP contribution in [-0.2, 0) is 4.79 Å². The van der Waals surface area contributed by atoms with Crippen LogP contribution in [0.5, 0.6) is 0 Å². The molecule has 0 aliphatic carbocycles. The van der Waals surface area contributed by atoms with Gasteiger partial charge in [0.15, 0.2) is 0 Å². The standard InChI is InChI=1S/C20H40O3/c1-2-19(21)17-15-13-11-9-7-5-3-4-6-8-10-12-14-16-18-20(22)23/h19,21H,2-18H2,1H3,(H,22,23)/t19-/m1/s1. The van der Waals surface area contributed by atoms with E-state index in [0.29, 0.717) is 6.42 Å². The number of carbonyl (C=O) groups is 1. The van der Waals surface area contributed by atoms with Crippen molar-refractivity contribution in [2.45, 2.75) is 122 Å². The highest BCUT2D eigenvalue weighted by Crippen LogP contribution is 2.14. The van der Waals surface area contributed by atoms with Gasteiger partial charge in [0.2, 0.25) is 0 Å². The van der Waals surface area contributed by atoms with Gasteiger partial charge in [-0.2, -0.15) is 0 Å². The smallest absolute Gasteiger partial charge is 0.303 e. The zero-order chi connectivity index (χ0) is 17.2. The molecular weight excluding hydrogens is 288 g/mol. The van der Waals surface area contributed by atoms with Crippen molar-refractivity contribution in [3.63, 3.8) is 0 Å². The van der Waals surface area contributed by atoms with Crippen molar-refractivity contribution in [1.82, 2.24) is 0 Å². The lowest BCUT2D eigenvalue weighted by Gasteiger charge is -2.06. The van der Waals surface area contributed by atoms with Gasteiger partial charge in [0.1, 0.15) is 0 Å². The molecule has 0 heterocycles. The summed E-state index contributed by atoms with van der Waals surface area (Å²) in [6.45, 7) is 2.05. The van der Waals surface area contributed by atoms with Crippen LogP contribution in [0.3, 0.4) is 0 Å². The summed E-state index contributed by atoms with van der Waals surface area (Å²) in [6.07, 6.45) is 19.8. The first kappa shape index (κ1) is 22.4. The van der Waals surface area contributed by atoms with Crippen LogP contribution < -0.4 is 0 Å². The van der Waals surface area contributed by atoms with Gasteiger partial charge in [-0.25, -0.2) is 0 Å². The summed E-state index contributed by atoms with van der Waals surface area (Å²) in [4.78, 5) is 10.4. The molecule has 0 bridgehead atoms. The molecule has 0 aromatic heterocycles. The number of carboxylic acid groups (broad SMARTS) is 1. The monoisotopic (exact) mass is 328 g/mol. The molecule has 0 rings (SSSR count). The Labute approximate surface area is 143 Å². The second kappa shape index (κ2) is 17.8. The van der Waals surface area contributed by atoms with Gasteiger partial charge >= 0.3 is 5.97 Å². The summed E-state index contributed by atoms with van der Waals surface area (Å²) in [5.74, 6) is -0.663. The third-order valence-electron chi connectivity index (χ3n) is 4.65. The predicted molar refractivity (Wildman–Crippen MR) is 97.8 cm³/mol. The molecule has 1 atom stereocenters. The molecule has 0 amide bonds. The Morgan fingerprint density at radius 1 is 0.696 bits per heavy atom. The first-order valence-electron chi connectivity index (χ1n) is 10.1. The number of rotatable bonds is 18. The van der Waals surface area contributed by atoms with E-state index in [1.54, 1.807) is 0 Å². The predicted octanol–water partition coefficient (Wildman–Crippen LogP) is 6.08. The Bertz CT molecular complexity index is 253. The first-order valence-corrected chi connectivity index (χ1v) is 10.1. The van der Waals surface area contributed by atoms with Gasteiger partial charge in [0, 0.05) is 6.42 Å². The first-order chi connectivity index (χ1) is 11.2. The lowest BCUT2D eigenvalue weighted by Crippen LogP contribution is -2.03. The summed E-state index contributed by atoms with van der Waals surface area (Å²) in [5.41, 5.74) is 0. The van der Waals surface area contributed by atoms with Crippen LogP contribution in [0.1, 0.15) is 116 Å². The molecule has 0 aromatic carbocycles. The van der Waals surface area contributed by atoms with E-state index in [-0.39, 0.29) is 6.10 Å². The molecule has 0 radical (unpaired) electrons. The maximum Gasteiger partial charge on any atom is 0.303 e. The van der Waals surface area contributed by atoms with Gasteiger partial charge in [-0.15, -0.1) is 0 Å². The number of aliphatic hydroxyl groups is 1. The topological polar surface area (TPSA) is 57.5 Å². The zero-order valence-corrected chi connectivity index (χ0v) is 15.4. The molecule has 0 unspecified atom stereocenters. The quantitative estimate of drug-likeness (QED) is 0.300. The van der Waals surface area contributed by atoms with E-state index in [0.717, 1.165) is 25.7 Å². The highest BCUT2D eigenvalue weighted by atomic mass is 16.4. The molecule has 3 nitrogen and oxygen atoms in total. The molecular formula is C20H40O3. The average Bonchev–Trinajstić information content (AvgIpc) is 2.53. The molecule has 0 saturated heterocycles. The number of unbranched alkanes of at least 4 members (excludes halogenated alkanes) is 13. The summed E-state index contributed by atoms with van der Waals surface area (Å²) in [7, 11) is 0. The molecule has 138 valence electrons. The SMILES string of the molecule is CC[C@@H](O)CCCCCCCCCCCCCCCCC(=O)O. The number of hydrogen-bond donors (Lipinski definition) is 2. The number of hydrogen-bond acceptors (Lipinski definition) is 2. The summed E-state index contributed by atoms with van der Waals surface area (Å²) >= 11 is 0. The molecule has 3 heteroatoms. The molecule has 0 saturated carbocycles. The third-order valence-corrected chi connectivity index (χ3v) is 4.65. The van der Waals surface area contributed by atoms with E-state index in [9.17, 15) is 9.90 Å². The van der Waals surface area contributed by atoms with E-state index < -0.39 is 5.97 Å². The van der Waals surface area contributed by atoms with Crippen molar-refractivity contribution in [2.24, 2.45) is 0 Å². The fraction of sp³-hybridized carbons (Fsp3) is 0.950. The van der Waals surface area contributed by atoms with Gasteiger partial charge in [0.25, 0.3) is 0 Å². The van der Waals surface area contributed by atoms with Crippen LogP contribution in [0, 0.1) is 0 Å². The Kier molecular flexibility index (Phi) is 17.3. The molecule has 2 N–H and O–H groups in total. The number of carboxylic acids is 1. The van der Waals surface area contributed by atoms with Crippen molar-refractivity contribution in [3.05, 3.63) is 0 Å². The fourth-order valence-corrected chi connectivity index (χ4v) is 2.98. The lowest BCUT2D eigenvalue weighted by atomic mass is 10.0. The Morgan fingerprint density at radius 3 is 1.39 bits per heavy atom. The van der Waals surface area contributed by atoms with Crippen molar-refractivity contribution in [3.8, 4) is 0 Å². The van der Waals surface area contributed by atoms with Crippen LogP contribution in [0.15, 0.2) is 0 Å². The molecule has 0 fully saturated rings. The van der Waals surface area contributed by atoms with Crippen LogP contribution >= 0.6 is 0 Å². The highest BCUT2D eigenvalue weighted by molar-refractivity contribution is 5.66. The van der Waals surface area contributed by atoms with Gasteiger partial charge in [0.05, 0.1) is 6.10 Å². The summed E-state index contributed by atoms with van der Waals surface area (Å²) < 4.78 is 0. The minimum atomic E-state index is -0.663. The Morgan fingerprint density at radius 2 is 1.04 bits per heavy atom. The minimum Gasteiger partial charge on any atom is -0.481 e. The van der Waals surface area contributed by atoms with Gasteiger partial charge in [-0.05, 0) is 19.3 Å². The van der Waals surface area contributed by atoms with E-state index >= 15 is 0 Å².